The average Bonchev–Trinajstić information content (AvgIpc) is 2.84. The monoisotopic (exact) mass is 379 g/mol. The maximum absolute atomic E-state index is 3.89. The van der Waals surface area contributed by atoms with Crippen LogP contribution >= 0.6 is 15.9 Å². The van der Waals surface area contributed by atoms with Crippen molar-refractivity contribution in [3.63, 3.8) is 0 Å². The van der Waals surface area contributed by atoms with E-state index >= 15 is 0 Å². The summed E-state index contributed by atoms with van der Waals surface area (Å²) in [7, 11) is 0. The van der Waals surface area contributed by atoms with Crippen LogP contribution in [-0.4, -0.2) is 6.54 Å². The minimum atomic E-state index is 0.967. The van der Waals surface area contributed by atoms with Gasteiger partial charge in [-0.15, -0.1) is 0 Å². The van der Waals surface area contributed by atoms with E-state index in [1.165, 1.54) is 54.7 Å². The van der Waals surface area contributed by atoms with Gasteiger partial charge in [0.2, 0.25) is 0 Å². The summed E-state index contributed by atoms with van der Waals surface area (Å²) < 4.78 is 1.29. The molecule has 2 aromatic rings. The van der Waals surface area contributed by atoms with E-state index in [1.807, 2.05) is 0 Å². The molecule has 1 nitrogen and oxygen atoms in total. The van der Waals surface area contributed by atoms with E-state index in [-0.39, 0.29) is 0 Å². The molecule has 1 N–H and O–H groups in total. The van der Waals surface area contributed by atoms with Gasteiger partial charge in [-0.05, 0) is 73.1 Å². The fourth-order valence-electron chi connectivity index (χ4n) is 3.98. The number of hydrogen-bond acceptors (Lipinski definition) is 1. The van der Waals surface area contributed by atoms with E-state index in [1.54, 1.807) is 0 Å². The van der Waals surface area contributed by atoms with Crippen molar-refractivity contribution in [3.05, 3.63) is 74.3 Å². The molecule has 0 bridgehead atoms. The number of aryl methyl sites for hydroxylation is 1. The Balaban J connectivity index is 2.03. The molecule has 4 rings (SSSR count). The van der Waals surface area contributed by atoms with Gasteiger partial charge in [0.05, 0.1) is 0 Å². The lowest BCUT2D eigenvalue weighted by Crippen LogP contribution is -2.05. The zero-order chi connectivity index (χ0) is 16.8. The van der Waals surface area contributed by atoms with Crippen LogP contribution in [0.1, 0.15) is 46.7 Å². The Morgan fingerprint density at radius 3 is 2.58 bits per heavy atom. The predicted molar refractivity (Wildman–Crippen MR) is 108 cm³/mol. The maximum Gasteiger partial charge on any atom is 0.0453 e. The number of rotatable bonds is 1. The first-order chi connectivity index (χ1) is 11.6. The summed E-state index contributed by atoms with van der Waals surface area (Å²) in [6.07, 6.45) is 4.42. The average molecular weight is 380 g/mol. The van der Waals surface area contributed by atoms with Crippen molar-refractivity contribution in [1.82, 2.24) is 0 Å². The fraction of sp³-hybridized carbons (Fsp3) is 0.273. The van der Waals surface area contributed by atoms with Crippen LogP contribution in [0.4, 0.5) is 5.69 Å². The maximum atomic E-state index is 3.89. The standard InChI is InChI=1S/C22H22BrN/c1-13-6-4-5-7-16(13)21-19-12-18-14(2)8-9-17(18)15(3)22(19)24-11-10-20(21)23/h4-8,12,24H,9-11H2,1-3H3. The fourth-order valence-corrected chi connectivity index (χ4v) is 4.60. The quantitative estimate of drug-likeness (QED) is 0.618. The normalized spacial score (nSPS) is 16.2. The Morgan fingerprint density at radius 2 is 1.79 bits per heavy atom. The van der Waals surface area contributed by atoms with Crippen molar-refractivity contribution in [3.8, 4) is 0 Å². The third-order valence-electron chi connectivity index (χ3n) is 5.35. The van der Waals surface area contributed by atoms with Crippen molar-refractivity contribution >= 4 is 32.8 Å². The summed E-state index contributed by atoms with van der Waals surface area (Å²) in [4.78, 5) is 0. The van der Waals surface area contributed by atoms with Gasteiger partial charge in [0.1, 0.15) is 0 Å². The number of nitrogens with one attached hydrogen (secondary N) is 1. The largest absolute Gasteiger partial charge is 0.384 e. The van der Waals surface area contributed by atoms with E-state index in [0.29, 0.717) is 0 Å². The van der Waals surface area contributed by atoms with E-state index in [2.05, 4.69) is 78.4 Å². The summed E-state index contributed by atoms with van der Waals surface area (Å²) in [6.45, 7) is 7.67. The van der Waals surface area contributed by atoms with Crippen molar-refractivity contribution in [1.29, 1.82) is 0 Å². The van der Waals surface area contributed by atoms with Crippen LogP contribution in [0.3, 0.4) is 0 Å². The van der Waals surface area contributed by atoms with Gasteiger partial charge in [-0.1, -0.05) is 46.3 Å². The van der Waals surface area contributed by atoms with E-state index in [0.717, 1.165) is 19.4 Å². The Hall–Kier alpha value is -1.80. The number of allylic oxidation sites excluding steroid dienone is 2. The molecule has 2 heteroatoms. The van der Waals surface area contributed by atoms with Crippen LogP contribution < -0.4 is 5.32 Å². The molecule has 0 amide bonds. The van der Waals surface area contributed by atoms with Crippen molar-refractivity contribution in [2.75, 3.05) is 11.9 Å². The van der Waals surface area contributed by atoms with Gasteiger partial charge < -0.3 is 5.32 Å². The van der Waals surface area contributed by atoms with Gasteiger partial charge in [-0.2, -0.15) is 0 Å². The van der Waals surface area contributed by atoms with Crippen LogP contribution in [0.5, 0.6) is 0 Å². The van der Waals surface area contributed by atoms with Gasteiger partial charge in [0.15, 0.2) is 0 Å². The lowest BCUT2D eigenvalue weighted by Gasteiger charge is -2.20. The Kier molecular flexibility index (Phi) is 3.88. The summed E-state index contributed by atoms with van der Waals surface area (Å²) in [5.74, 6) is 0. The van der Waals surface area contributed by atoms with Crippen molar-refractivity contribution < 1.29 is 0 Å². The second kappa shape index (κ2) is 5.93. The molecule has 2 aliphatic rings. The molecule has 122 valence electrons. The van der Waals surface area contributed by atoms with Crippen LogP contribution in [0.2, 0.25) is 0 Å². The highest BCUT2D eigenvalue weighted by Crippen LogP contribution is 2.44. The molecule has 0 aromatic heterocycles. The molecule has 0 spiro atoms. The van der Waals surface area contributed by atoms with E-state index < -0.39 is 0 Å². The van der Waals surface area contributed by atoms with Gasteiger partial charge in [0, 0.05) is 27.9 Å². The highest BCUT2D eigenvalue weighted by atomic mass is 79.9. The van der Waals surface area contributed by atoms with Crippen LogP contribution in [0, 0.1) is 13.8 Å². The van der Waals surface area contributed by atoms with E-state index in [9.17, 15) is 0 Å². The first-order valence-electron chi connectivity index (χ1n) is 8.60. The van der Waals surface area contributed by atoms with Crippen LogP contribution in [-0.2, 0) is 6.42 Å². The molecule has 1 heterocycles. The number of anilines is 1. The van der Waals surface area contributed by atoms with Gasteiger partial charge in [0.25, 0.3) is 0 Å². The van der Waals surface area contributed by atoms with E-state index in [4.69, 9.17) is 0 Å². The summed E-state index contributed by atoms with van der Waals surface area (Å²) in [5.41, 5.74) is 12.4. The molecular formula is C22H22BrN. The molecule has 1 aliphatic carbocycles. The Labute approximate surface area is 152 Å². The number of benzene rings is 2. The smallest absolute Gasteiger partial charge is 0.0453 e. The third-order valence-corrected chi connectivity index (χ3v) is 6.14. The van der Waals surface area contributed by atoms with Crippen LogP contribution in [0.15, 0.2) is 40.9 Å². The minimum absolute atomic E-state index is 0.967. The third kappa shape index (κ3) is 2.36. The van der Waals surface area contributed by atoms with Gasteiger partial charge in [-0.25, -0.2) is 0 Å². The second-order valence-corrected chi connectivity index (χ2v) is 7.77. The lowest BCUT2D eigenvalue weighted by atomic mass is 9.88. The van der Waals surface area contributed by atoms with Gasteiger partial charge in [-0.3, -0.25) is 0 Å². The van der Waals surface area contributed by atoms with Gasteiger partial charge >= 0.3 is 0 Å². The highest BCUT2D eigenvalue weighted by Gasteiger charge is 2.24. The molecule has 0 fully saturated rings. The van der Waals surface area contributed by atoms with Crippen molar-refractivity contribution in [2.24, 2.45) is 0 Å². The zero-order valence-corrected chi connectivity index (χ0v) is 16.0. The predicted octanol–water partition coefficient (Wildman–Crippen LogP) is 6.23. The molecule has 0 unspecified atom stereocenters. The second-order valence-electron chi connectivity index (χ2n) is 6.81. The molecule has 0 radical (unpaired) electrons. The number of halogens is 1. The molecule has 24 heavy (non-hydrogen) atoms. The first-order valence-corrected chi connectivity index (χ1v) is 9.39. The highest BCUT2D eigenvalue weighted by molar-refractivity contribution is 9.11. The summed E-state index contributed by atoms with van der Waals surface area (Å²) in [5, 5.41) is 3.69. The molecule has 2 aromatic carbocycles. The summed E-state index contributed by atoms with van der Waals surface area (Å²) >= 11 is 3.89. The SMILES string of the molecule is CC1=CCc2c1cc1c(c2C)NCCC(Br)=C1c1ccccc1C. The van der Waals surface area contributed by atoms with Crippen molar-refractivity contribution in [2.45, 2.75) is 33.6 Å². The molecular weight excluding hydrogens is 358 g/mol. The lowest BCUT2D eigenvalue weighted by molar-refractivity contribution is 1.06. The molecule has 0 saturated heterocycles. The number of fused-ring (bicyclic) bond motifs is 2. The topological polar surface area (TPSA) is 12.0 Å². The van der Waals surface area contributed by atoms with Crippen LogP contribution in [0.25, 0.3) is 11.1 Å². The molecule has 0 atom stereocenters. The minimum Gasteiger partial charge on any atom is -0.384 e. The Morgan fingerprint density at radius 1 is 1.00 bits per heavy atom. The Bertz CT molecular complexity index is 902. The molecule has 0 saturated carbocycles. The first kappa shape index (κ1) is 15.7. The summed E-state index contributed by atoms with van der Waals surface area (Å²) in [6, 6.07) is 11.1. The molecule has 1 aliphatic heterocycles. The number of hydrogen-bond donors (Lipinski definition) is 1. The zero-order valence-electron chi connectivity index (χ0n) is 14.5.